The Morgan fingerprint density at radius 3 is 2.54 bits per heavy atom. The second-order valence-electron chi connectivity index (χ2n) is 7.38. The molecule has 2 atom stereocenters. The largest absolute Gasteiger partial charge is 0.399 e. The van der Waals surface area contributed by atoms with Crippen LogP contribution in [-0.4, -0.2) is 25.4 Å². The fourth-order valence-corrected chi connectivity index (χ4v) is 5.71. The second kappa shape index (κ2) is 5.60. The highest BCUT2D eigenvalue weighted by atomic mass is 32.2. The Kier molecular flexibility index (Phi) is 3.97. The topological polar surface area (TPSA) is 80.4 Å². The van der Waals surface area contributed by atoms with Crippen molar-refractivity contribution >= 4 is 15.5 Å². The quantitative estimate of drug-likeness (QED) is 0.779. The van der Waals surface area contributed by atoms with Crippen LogP contribution in [0.4, 0.5) is 5.69 Å². The summed E-state index contributed by atoms with van der Waals surface area (Å²) in [4.78, 5) is 0.310. The van der Waals surface area contributed by atoms with E-state index in [0.29, 0.717) is 16.1 Å². The van der Waals surface area contributed by atoms with E-state index in [-0.39, 0.29) is 5.75 Å². The molecule has 2 aromatic rings. The molecule has 3 rings (SSSR count). The Labute approximate surface area is 143 Å². The van der Waals surface area contributed by atoms with Gasteiger partial charge in [0, 0.05) is 17.0 Å². The minimum Gasteiger partial charge on any atom is -0.399 e. The molecule has 0 bridgehead atoms. The van der Waals surface area contributed by atoms with Gasteiger partial charge in [0.25, 0.3) is 0 Å². The van der Waals surface area contributed by atoms with Crippen LogP contribution in [0.2, 0.25) is 0 Å². The first-order chi connectivity index (χ1) is 11.1. The zero-order valence-corrected chi connectivity index (χ0v) is 15.0. The highest BCUT2D eigenvalue weighted by Crippen LogP contribution is 2.44. The van der Waals surface area contributed by atoms with Gasteiger partial charge in [-0.05, 0) is 36.2 Å². The summed E-state index contributed by atoms with van der Waals surface area (Å²) >= 11 is 0. The van der Waals surface area contributed by atoms with Gasteiger partial charge in [0.2, 0.25) is 0 Å². The van der Waals surface area contributed by atoms with Crippen molar-refractivity contribution in [1.82, 2.24) is 0 Å². The minimum atomic E-state index is -3.48. The lowest BCUT2D eigenvalue weighted by Gasteiger charge is -2.33. The van der Waals surface area contributed by atoms with Gasteiger partial charge in [0.15, 0.2) is 9.84 Å². The number of hydrogen-bond acceptors (Lipinski definition) is 4. The zero-order chi connectivity index (χ0) is 17.7. The van der Waals surface area contributed by atoms with E-state index in [4.69, 9.17) is 5.73 Å². The van der Waals surface area contributed by atoms with Crippen LogP contribution >= 0.6 is 0 Å². The number of anilines is 1. The van der Waals surface area contributed by atoms with Gasteiger partial charge >= 0.3 is 0 Å². The number of hydrogen-bond donors (Lipinski definition) is 2. The number of aliphatic hydroxyl groups is 1. The molecule has 0 radical (unpaired) electrons. The van der Waals surface area contributed by atoms with E-state index in [0.717, 1.165) is 11.1 Å². The van der Waals surface area contributed by atoms with E-state index >= 15 is 0 Å². The first-order valence-electron chi connectivity index (χ1n) is 7.99. The van der Waals surface area contributed by atoms with Crippen LogP contribution in [0.3, 0.4) is 0 Å². The summed E-state index contributed by atoms with van der Waals surface area (Å²) in [6, 6.07) is 12.7. The fraction of sp³-hybridized carbons (Fsp3) is 0.368. The third-order valence-corrected chi connectivity index (χ3v) is 6.95. The van der Waals surface area contributed by atoms with Gasteiger partial charge in [-0.2, -0.15) is 0 Å². The van der Waals surface area contributed by atoms with Crippen molar-refractivity contribution in [2.24, 2.45) is 5.41 Å². The number of aliphatic hydroxyl groups excluding tert-OH is 1. The molecule has 128 valence electrons. The van der Waals surface area contributed by atoms with Gasteiger partial charge < -0.3 is 10.8 Å². The van der Waals surface area contributed by atoms with Crippen molar-refractivity contribution in [2.45, 2.75) is 37.7 Å². The number of fused-ring (bicyclic) bond motifs is 1. The normalized spacial score (nSPS) is 24.8. The summed E-state index contributed by atoms with van der Waals surface area (Å²) in [7, 11) is -3.48. The average Bonchev–Trinajstić information content (AvgIpc) is 2.51. The van der Waals surface area contributed by atoms with E-state index in [1.165, 1.54) is 0 Å². The molecule has 0 saturated heterocycles. The maximum absolute atomic E-state index is 12.9. The van der Waals surface area contributed by atoms with E-state index in [1.807, 2.05) is 31.2 Å². The van der Waals surface area contributed by atoms with Crippen molar-refractivity contribution < 1.29 is 13.5 Å². The lowest BCUT2D eigenvalue weighted by atomic mass is 9.75. The van der Waals surface area contributed by atoms with E-state index in [2.05, 4.69) is 0 Å². The third kappa shape index (κ3) is 2.82. The van der Waals surface area contributed by atoms with Crippen molar-refractivity contribution in [3.63, 3.8) is 0 Å². The maximum Gasteiger partial charge on any atom is 0.179 e. The molecule has 0 aliphatic carbocycles. The van der Waals surface area contributed by atoms with E-state index in [9.17, 15) is 13.5 Å². The van der Waals surface area contributed by atoms with E-state index < -0.39 is 27.3 Å². The van der Waals surface area contributed by atoms with Crippen LogP contribution in [0.15, 0.2) is 47.4 Å². The lowest BCUT2D eigenvalue weighted by Crippen LogP contribution is -2.38. The molecule has 1 aliphatic rings. The molecule has 24 heavy (non-hydrogen) atoms. The maximum atomic E-state index is 12.9. The number of aryl methyl sites for hydroxylation is 1. The monoisotopic (exact) mass is 345 g/mol. The van der Waals surface area contributed by atoms with Gasteiger partial charge in [-0.1, -0.05) is 43.7 Å². The molecule has 4 nitrogen and oxygen atoms in total. The van der Waals surface area contributed by atoms with Crippen molar-refractivity contribution in [2.75, 3.05) is 11.5 Å². The summed E-state index contributed by atoms with van der Waals surface area (Å²) in [6.45, 7) is 5.52. The Balaban J connectivity index is 2.34. The molecule has 3 N–H and O–H groups in total. The molecular weight excluding hydrogens is 322 g/mol. The van der Waals surface area contributed by atoms with Gasteiger partial charge in [-0.3, -0.25) is 0 Å². The Bertz CT molecular complexity index is 887. The van der Waals surface area contributed by atoms with Gasteiger partial charge in [0.1, 0.15) is 0 Å². The van der Waals surface area contributed by atoms with Crippen LogP contribution in [0, 0.1) is 12.3 Å². The molecule has 0 spiro atoms. The molecule has 1 heterocycles. The van der Waals surface area contributed by atoms with Crippen molar-refractivity contribution in [3.8, 4) is 0 Å². The minimum absolute atomic E-state index is 0.0873. The first-order valence-corrected chi connectivity index (χ1v) is 9.64. The number of rotatable bonds is 1. The predicted molar refractivity (Wildman–Crippen MR) is 95.7 cm³/mol. The van der Waals surface area contributed by atoms with Crippen LogP contribution in [0.5, 0.6) is 0 Å². The van der Waals surface area contributed by atoms with E-state index in [1.54, 1.807) is 32.0 Å². The molecule has 0 aromatic heterocycles. The number of nitrogens with two attached hydrogens (primary N) is 1. The molecule has 2 aromatic carbocycles. The highest BCUT2D eigenvalue weighted by Gasteiger charge is 2.44. The molecule has 0 amide bonds. The van der Waals surface area contributed by atoms with Gasteiger partial charge in [-0.15, -0.1) is 0 Å². The first kappa shape index (κ1) is 17.0. The molecule has 1 aliphatic heterocycles. The highest BCUT2D eigenvalue weighted by molar-refractivity contribution is 7.91. The molecular formula is C19H23NO3S. The van der Waals surface area contributed by atoms with Crippen molar-refractivity contribution in [3.05, 3.63) is 59.2 Å². The summed E-state index contributed by atoms with van der Waals surface area (Å²) in [5, 5.41) is 11.1. The number of benzene rings is 2. The summed E-state index contributed by atoms with van der Waals surface area (Å²) < 4.78 is 25.7. The van der Waals surface area contributed by atoms with Crippen LogP contribution in [0.1, 0.15) is 36.5 Å². The van der Waals surface area contributed by atoms with Gasteiger partial charge in [-0.25, -0.2) is 8.42 Å². The molecule has 5 heteroatoms. The molecule has 0 unspecified atom stereocenters. The summed E-state index contributed by atoms with van der Waals surface area (Å²) in [5.41, 5.74) is 8.19. The average molecular weight is 345 g/mol. The predicted octanol–water partition coefficient (Wildman–Crippen LogP) is 2.88. The van der Waals surface area contributed by atoms with Crippen molar-refractivity contribution in [1.29, 1.82) is 0 Å². The second-order valence-corrected chi connectivity index (χ2v) is 9.34. The standard InChI is InChI=1S/C19H23NO3S/c1-12-7-8-16-15(9-12)17(13-5-4-6-14(20)10-13)18(21)19(2,3)11-24(16,22)23/h4-10,17-18,21H,11,20H2,1-3H3/t17-,18-/m1/s1. The number of sulfone groups is 1. The summed E-state index contributed by atoms with van der Waals surface area (Å²) in [5.74, 6) is -0.522. The Hall–Kier alpha value is -1.85. The smallest absolute Gasteiger partial charge is 0.179 e. The van der Waals surface area contributed by atoms with Crippen LogP contribution in [0.25, 0.3) is 0 Å². The lowest BCUT2D eigenvalue weighted by molar-refractivity contribution is 0.0521. The van der Waals surface area contributed by atoms with Crippen LogP contribution in [-0.2, 0) is 9.84 Å². The number of nitrogen functional groups attached to an aromatic ring is 1. The SMILES string of the molecule is Cc1ccc2c(c1)[C@@H](c1cccc(N)c1)[C@@H](O)C(C)(C)CS2(=O)=O. The molecule has 0 saturated carbocycles. The van der Waals surface area contributed by atoms with Crippen LogP contribution < -0.4 is 5.73 Å². The zero-order valence-electron chi connectivity index (χ0n) is 14.2. The third-order valence-electron chi connectivity index (χ3n) is 4.78. The molecule has 0 fully saturated rings. The Morgan fingerprint density at radius 1 is 1.17 bits per heavy atom. The summed E-state index contributed by atoms with van der Waals surface area (Å²) in [6.07, 6.45) is -0.836. The fourth-order valence-electron chi connectivity index (χ4n) is 3.58. The van der Waals surface area contributed by atoms with Gasteiger partial charge in [0.05, 0.1) is 16.8 Å². The Morgan fingerprint density at radius 2 is 1.88 bits per heavy atom.